The van der Waals surface area contributed by atoms with Crippen molar-refractivity contribution in [1.82, 2.24) is 0 Å². The summed E-state index contributed by atoms with van der Waals surface area (Å²) in [6.07, 6.45) is 0. The number of hydrogen-bond acceptors (Lipinski definition) is 4. The van der Waals surface area contributed by atoms with E-state index in [9.17, 15) is 0 Å². The molecule has 19 heavy (non-hydrogen) atoms. The average molecular weight is 269 g/mol. The summed E-state index contributed by atoms with van der Waals surface area (Å²) in [6.45, 7) is 0.267. The molecule has 94 valence electrons. The zero-order valence-corrected chi connectivity index (χ0v) is 10.9. The van der Waals surface area contributed by atoms with Gasteiger partial charge in [-0.2, -0.15) is 5.26 Å². The smallest absolute Gasteiger partial charge is 0.137 e. The molecule has 0 saturated heterocycles. The minimum atomic E-state index is -0.140. The van der Waals surface area contributed by atoms with Crippen LogP contribution in [0.2, 0.25) is 0 Å². The van der Waals surface area contributed by atoms with E-state index in [2.05, 4.69) is 17.9 Å². The summed E-state index contributed by atoms with van der Waals surface area (Å²) in [6, 6.07) is 13.1. The van der Waals surface area contributed by atoms with Crippen molar-refractivity contribution in [3.63, 3.8) is 0 Å². The van der Waals surface area contributed by atoms with Crippen LogP contribution in [0, 0.1) is 23.2 Å². The number of nitriles is 1. The molecule has 1 N–H and O–H groups in total. The van der Waals surface area contributed by atoms with Crippen molar-refractivity contribution in [3.05, 3.63) is 51.7 Å². The second kappa shape index (κ2) is 6.61. The number of aliphatic hydroxyl groups is 1. The van der Waals surface area contributed by atoms with Gasteiger partial charge < -0.3 is 9.84 Å². The number of rotatable bonds is 3. The van der Waals surface area contributed by atoms with Crippen molar-refractivity contribution in [2.24, 2.45) is 0 Å². The van der Waals surface area contributed by atoms with Gasteiger partial charge in [-0.1, -0.05) is 24.0 Å². The molecule has 0 amide bonds. The maximum atomic E-state index is 8.95. The molecule has 0 fully saturated rings. The second-order valence-corrected chi connectivity index (χ2v) is 4.79. The van der Waals surface area contributed by atoms with Gasteiger partial charge in [-0.3, -0.25) is 0 Å². The number of nitrogens with zero attached hydrogens (tertiary/aromatic N) is 1. The van der Waals surface area contributed by atoms with Crippen molar-refractivity contribution in [2.45, 2.75) is 6.61 Å². The molecule has 0 aliphatic rings. The first kappa shape index (κ1) is 13.2. The maximum absolute atomic E-state index is 8.95. The first-order chi connectivity index (χ1) is 9.33. The summed E-state index contributed by atoms with van der Waals surface area (Å²) in [4.78, 5) is 1.91. The van der Waals surface area contributed by atoms with Gasteiger partial charge in [0.05, 0.1) is 10.4 Å². The number of hydrogen-bond donors (Lipinski definition) is 1. The zero-order valence-electron chi connectivity index (χ0n) is 10.1. The molecule has 3 nitrogen and oxygen atoms in total. The third-order valence-corrected chi connectivity index (χ3v) is 3.30. The second-order valence-electron chi connectivity index (χ2n) is 3.62. The van der Waals surface area contributed by atoms with E-state index in [1.165, 1.54) is 11.3 Å². The lowest BCUT2D eigenvalue weighted by Gasteiger charge is -2.05. The van der Waals surface area contributed by atoms with Crippen LogP contribution in [0.4, 0.5) is 0 Å². The Kier molecular flexibility index (Phi) is 4.58. The summed E-state index contributed by atoms with van der Waals surface area (Å²) in [5.74, 6) is 6.03. The SMILES string of the molecule is N#Cc1ccccc1OCc1ccc(C#CCO)s1. The van der Waals surface area contributed by atoms with E-state index >= 15 is 0 Å². The zero-order chi connectivity index (χ0) is 13.5. The Morgan fingerprint density at radius 2 is 2.05 bits per heavy atom. The van der Waals surface area contributed by atoms with Crippen molar-refractivity contribution in [1.29, 1.82) is 5.26 Å². The van der Waals surface area contributed by atoms with Gasteiger partial charge in [-0.05, 0) is 24.3 Å². The van der Waals surface area contributed by atoms with Crippen LogP contribution in [0.25, 0.3) is 0 Å². The summed E-state index contributed by atoms with van der Waals surface area (Å²) in [7, 11) is 0. The Bertz CT molecular complexity index is 659. The number of thiophene rings is 1. The summed E-state index contributed by atoms with van der Waals surface area (Å²) >= 11 is 1.51. The van der Waals surface area contributed by atoms with E-state index in [1.54, 1.807) is 18.2 Å². The molecule has 0 spiro atoms. The summed E-state index contributed by atoms with van der Waals surface area (Å²) < 4.78 is 5.62. The van der Waals surface area contributed by atoms with Gasteiger partial charge in [0.1, 0.15) is 25.0 Å². The molecule has 1 heterocycles. The third kappa shape index (κ3) is 3.59. The van der Waals surface area contributed by atoms with E-state index in [1.807, 2.05) is 18.2 Å². The van der Waals surface area contributed by atoms with Crippen LogP contribution in [0.5, 0.6) is 5.75 Å². The van der Waals surface area contributed by atoms with Crippen molar-refractivity contribution in [3.8, 4) is 23.7 Å². The fourth-order valence-corrected chi connectivity index (χ4v) is 2.28. The molecule has 0 saturated carbocycles. The van der Waals surface area contributed by atoms with E-state index in [4.69, 9.17) is 15.1 Å². The molecule has 0 aliphatic carbocycles. The summed E-state index contributed by atoms with van der Waals surface area (Å²) in [5, 5.41) is 17.6. The van der Waals surface area contributed by atoms with Gasteiger partial charge in [-0.25, -0.2) is 0 Å². The third-order valence-electron chi connectivity index (χ3n) is 2.33. The first-order valence-corrected chi connectivity index (χ1v) is 6.45. The van der Waals surface area contributed by atoms with Gasteiger partial charge in [0.25, 0.3) is 0 Å². The van der Waals surface area contributed by atoms with Gasteiger partial charge in [0, 0.05) is 4.88 Å². The molecular weight excluding hydrogens is 258 g/mol. The van der Waals surface area contributed by atoms with Crippen LogP contribution in [0.15, 0.2) is 36.4 Å². The number of ether oxygens (including phenoxy) is 1. The fraction of sp³-hybridized carbons (Fsp3) is 0.133. The van der Waals surface area contributed by atoms with Gasteiger partial charge in [0.2, 0.25) is 0 Å². The Hall–Kier alpha value is -2.27. The number of para-hydroxylation sites is 1. The lowest BCUT2D eigenvalue weighted by atomic mass is 10.2. The largest absolute Gasteiger partial charge is 0.487 e. The predicted molar refractivity (Wildman–Crippen MR) is 73.8 cm³/mol. The molecule has 0 aliphatic heterocycles. The quantitative estimate of drug-likeness (QED) is 0.871. The molecular formula is C15H11NO2S. The summed E-state index contributed by atoms with van der Waals surface area (Å²) in [5.41, 5.74) is 0.527. The van der Waals surface area contributed by atoms with Crippen molar-refractivity contribution >= 4 is 11.3 Å². The molecule has 0 radical (unpaired) electrons. The van der Waals surface area contributed by atoms with Crippen molar-refractivity contribution < 1.29 is 9.84 Å². The van der Waals surface area contributed by atoms with E-state index < -0.39 is 0 Å². The van der Waals surface area contributed by atoms with Crippen LogP contribution in [-0.4, -0.2) is 11.7 Å². The molecule has 4 heteroatoms. The highest BCUT2D eigenvalue weighted by Gasteiger charge is 2.03. The highest BCUT2D eigenvalue weighted by Crippen LogP contribution is 2.21. The molecule has 0 bridgehead atoms. The topological polar surface area (TPSA) is 53.2 Å². The van der Waals surface area contributed by atoms with E-state index in [-0.39, 0.29) is 6.61 Å². The normalized spacial score (nSPS) is 9.26. The van der Waals surface area contributed by atoms with Crippen LogP contribution in [-0.2, 0) is 6.61 Å². The Labute approximate surface area is 115 Å². The van der Waals surface area contributed by atoms with Crippen LogP contribution >= 0.6 is 11.3 Å². The standard InChI is InChI=1S/C15H11NO2S/c16-10-12-4-1-2-6-15(12)18-11-14-8-7-13(19-14)5-3-9-17/h1-2,4,6-8,17H,9,11H2. The van der Waals surface area contributed by atoms with Crippen LogP contribution in [0.3, 0.4) is 0 Å². The molecule has 0 atom stereocenters. The van der Waals surface area contributed by atoms with Gasteiger partial charge in [0.15, 0.2) is 0 Å². The maximum Gasteiger partial charge on any atom is 0.137 e. The Morgan fingerprint density at radius 3 is 2.84 bits per heavy atom. The molecule has 0 unspecified atom stereocenters. The molecule has 2 rings (SSSR count). The molecule has 1 aromatic carbocycles. The van der Waals surface area contributed by atoms with E-state index in [0.717, 1.165) is 9.75 Å². The minimum Gasteiger partial charge on any atom is -0.487 e. The lowest BCUT2D eigenvalue weighted by Crippen LogP contribution is -1.94. The fourth-order valence-electron chi connectivity index (χ4n) is 1.48. The van der Waals surface area contributed by atoms with Crippen LogP contribution < -0.4 is 4.74 Å². The van der Waals surface area contributed by atoms with Crippen LogP contribution in [0.1, 0.15) is 15.3 Å². The first-order valence-electron chi connectivity index (χ1n) is 5.64. The highest BCUT2D eigenvalue weighted by molar-refractivity contribution is 7.12. The minimum absolute atomic E-state index is 0.140. The highest BCUT2D eigenvalue weighted by atomic mass is 32.1. The predicted octanol–water partition coefficient (Wildman–Crippen LogP) is 2.54. The molecule has 1 aromatic heterocycles. The van der Waals surface area contributed by atoms with E-state index in [0.29, 0.717) is 17.9 Å². The Balaban J connectivity index is 2.03. The monoisotopic (exact) mass is 269 g/mol. The number of benzene rings is 1. The Morgan fingerprint density at radius 1 is 1.21 bits per heavy atom. The number of aliphatic hydroxyl groups excluding tert-OH is 1. The van der Waals surface area contributed by atoms with Gasteiger partial charge in [-0.15, -0.1) is 11.3 Å². The molecule has 2 aromatic rings. The van der Waals surface area contributed by atoms with Crippen molar-refractivity contribution in [2.75, 3.05) is 6.61 Å². The van der Waals surface area contributed by atoms with Gasteiger partial charge >= 0.3 is 0 Å². The average Bonchev–Trinajstić information content (AvgIpc) is 2.91. The lowest BCUT2D eigenvalue weighted by molar-refractivity contribution is 0.309.